The number of halogens is 1. The maximum absolute atomic E-state index is 11.8. The van der Waals surface area contributed by atoms with Crippen molar-refractivity contribution >= 4 is 72.7 Å². The van der Waals surface area contributed by atoms with Gasteiger partial charge in [0.15, 0.2) is 11.7 Å². The maximum atomic E-state index is 11.8. The van der Waals surface area contributed by atoms with Crippen LogP contribution in [0.15, 0.2) is 118 Å². The molecule has 5 aromatic rings. The molecule has 7 rings (SSSR count). The number of ether oxygens (including phenoxy) is 2. The molecule has 0 bridgehead atoms. The molecule has 0 saturated carbocycles. The molecule has 2 saturated heterocycles. The molecule has 0 aliphatic carbocycles. The van der Waals surface area contributed by atoms with E-state index in [4.69, 9.17) is 27.9 Å². The van der Waals surface area contributed by atoms with Crippen LogP contribution in [-0.4, -0.2) is 87.1 Å². The molecule has 2 amide bonds. The van der Waals surface area contributed by atoms with E-state index in [1.54, 1.807) is 45.0 Å². The van der Waals surface area contributed by atoms with Crippen LogP contribution in [0.2, 0.25) is 0 Å². The Kier molecular flexibility index (Phi) is 16.2. The Balaban J connectivity index is 0.000000218. The van der Waals surface area contributed by atoms with Gasteiger partial charge in [-0.15, -0.1) is 0 Å². The molecule has 0 N–H and O–H groups in total. The SMILES string of the molecule is CC(=O)c1ncc(CP(Br)(c2ccccc2)(c2ccccc2)c2ccccc2)o1.CC(C)(C)OC(=O)N1CC(=O)C1.Cc1ncc(C=C2CN(C(=O)OC(C)(C)C)C2)o1.O=C=O. The van der Waals surface area contributed by atoms with Gasteiger partial charge in [-0.2, -0.15) is 9.59 Å². The Bertz CT molecular complexity index is 2260. The number of nitrogens with zero attached hydrogens (tertiary/aromatic N) is 4. The molecule has 328 valence electrons. The Labute approximate surface area is 369 Å². The van der Waals surface area contributed by atoms with E-state index in [9.17, 15) is 19.2 Å². The topological polar surface area (TPSA) is 179 Å². The summed E-state index contributed by atoms with van der Waals surface area (Å²) in [5, 5.41) is 0.439. The fourth-order valence-electron chi connectivity index (χ4n) is 6.25. The van der Waals surface area contributed by atoms with Crippen LogP contribution < -0.4 is 15.9 Å². The fraction of sp³-hybridized carbons (Fsp3) is 0.326. The van der Waals surface area contributed by atoms with E-state index in [0.717, 1.165) is 11.3 Å². The minimum Gasteiger partial charge on any atom is -0.444 e. The van der Waals surface area contributed by atoms with Gasteiger partial charge >= 0.3 is 197 Å². The van der Waals surface area contributed by atoms with Crippen LogP contribution in [0.5, 0.6) is 0 Å². The molecule has 2 aromatic heterocycles. The van der Waals surface area contributed by atoms with Gasteiger partial charge in [-0.3, -0.25) is 9.69 Å². The van der Waals surface area contributed by atoms with E-state index >= 15 is 0 Å². The van der Waals surface area contributed by atoms with Gasteiger partial charge in [0.25, 0.3) is 0 Å². The first-order chi connectivity index (χ1) is 29.1. The smallest absolute Gasteiger partial charge is 0.411 e. The monoisotopic (exact) mass is 930 g/mol. The van der Waals surface area contributed by atoms with Crippen molar-refractivity contribution in [3.8, 4) is 0 Å². The van der Waals surface area contributed by atoms with Crippen molar-refractivity contribution in [2.45, 2.75) is 72.8 Å². The molecule has 0 spiro atoms. The number of amides is 2. The average molecular weight is 932 g/mol. The molecule has 0 radical (unpaired) electrons. The van der Waals surface area contributed by atoms with Gasteiger partial charge in [0.1, 0.15) is 17.0 Å². The Hall–Kier alpha value is -6.01. The molecule has 2 aliphatic heterocycles. The Morgan fingerprint density at radius 1 is 0.726 bits per heavy atom. The second-order valence-electron chi connectivity index (χ2n) is 16.4. The second kappa shape index (κ2) is 20.7. The Morgan fingerprint density at radius 2 is 1.15 bits per heavy atom. The third-order valence-corrected chi connectivity index (χ3v) is 18.5. The third kappa shape index (κ3) is 13.0. The summed E-state index contributed by atoms with van der Waals surface area (Å²) < 4.78 is 21.5. The fourth-order valence-corrected chi connectivity index (χ4v) is 13.7. The van der Waals surface area contributed by atoms with Crippen LogP contribution in [0.4, 0.5) is 9.59 Å². The molecular weight excluding hydrogens is 879 g/mol. The molecule has 0 atom stereocenters. The van der Waals surface area contributed by atoms with Crippen LogP contribution in [0.3, 0.4) is 0 Å². The van der Waals surface area contributed by atoms with Crippen LogP contribution in [0.1, 0.15) is 76.6 Å². The number of hydrogen-bond acceptors (Lipinski definition) is 12. The predicted octanol–water partition coefficient (Wildman–Crippen LogP) is 8.06. The summed E-state index contributed by atoms with van der Waals surface area (Å²) in [6.07, 6.45) is 5.42. The van der Waals surface area contributed by atoms with E-state index < -0.39 is 22.6 Å². The normalized spacial score (nSPS) is 13.9. The third-order valence-electron chi connectivity index (χ3n) is 9.00. The number of carbonyl (C=O) groups excluding carboxylic acids is 6. The molecule has 2 aliphatic rings. The standard InChI is InChI=1S/C24H21BrNO2P.C13H18N2O3.C8H13NO3.CO2/c1-19(27)24-26-17-20(28-24)18-29(25,21-11-5-2-6-12-21,22-13-7-3-8-14-22)23-15-9-4-10-16-23;1-9-14-6-11(17-9)5-10-7-15(8-10)12(16)18-13(2,3)4;1-8(2,3)12-7(11)9-4-6(10)5-9;2-1-3/h2-17H,18H2,1H3;5-6H,7-8H2,1-4H3;4-5H2,1-3H3;. The number of Topliss-reactive ketones (excluding diaryl/α,β-unsaturated/α-hetero) is 2. The summed E-state index contributed by atoms with van der Waals surface area (Å²) in [6.45, 7) is 15.8. The molecule has 16 heteroatoms. The van der Waals surface area contributed by atoms with E-state index in [1.807, 2.05) is 45.0 Å². The number of carbonyl (C=O) groups is 4. The number of likely N-dealkylation sites (tertiary alicyclic amines) is 2. The number of rotatable bonds is 7. The summed E-state index contributed by atoms with van der Waals surface area (Å²) in [6, 6.07) is 31.4. The van der Waals surface area contributed by atoms with E-state index in [-0.39, 0.29) is 42.8 Å². The number of benzene rings is 3. The summed E-state index contributed by atoms with van der Waals surface area (Å²) in [5.74, 6) is 2.11. The zero-order valence-electron chi connectivity index (χ0n) is 36.1. The van der Waals surface area contributed by atoms with Gasteiger partial charge in [-0.25, -0.2) is 14.6 Å². The first-order valence-corrected chi connectivity index (χ1v) is 24.0. The van der Waals surface area contributed by atoms with Crippen molar-refractivity contribution in [1.82, 2.24) is 19.8 Å². The molecule has 0 unspecified atom stereocenters. The zero-order chi connectivity index (χ0) is 45.7. The molecule has 3 aromatic carbocycles. The van der Waals surface area contributed by atoms with Crippen molar-refractivity contribution in [3.05, 3.63) is 132 Å². The molecule has 2 fully saturated rings. The van der Waals surface area contributed by atoms with E-state index in [0.29, 0.717) is 30.9 Å². The Morgan fingerprint density at radius 3 is 1.48 bits per heavy atom. The van der Waals surface area contributed by atoms with Crippen molar-refractivity contribution < 1.29 is 47.1 Å². The summed E-state index contributed by atoms with van der Waals surface area (Å²) in [7, 11) is 0. The van der Waals surface area contributed by atoms with Gasteiger partial charge in [0.05, 0.1) is 19.3 Å². The predicted molar refractivity (Wildman–Crippen MR) is 239 cm³/mol. The summed E-state index contributed by atoms with van der Waals surface area (Å²) >= 11 is 4.36. The number of oxazole rings is 2. The van der Waals surface area contributed by atoms with Crippen LogP contribution in [0.25, 0.3) is 6.08 Å². The van der Waals surface area contributed by atoms with E-state index in [1.165, 1.54) is 27.7 Å². The number of aryl methyl sites for hydroxylation is 1. The van der Waals surface area contributed by atoms with Crippen molar-refractivity contribution in [2.75, 3.05) is 26.2 Å². The zero-order valence-corrected chi connectivity index (χ0v) is 38.6. The van der Waals surface area contributed by atoms with Crippen LogP contribution in [-0.2, 0) is 30.0 Å². The second-order valence-corrected chi connectivity index (χ2v) is 25.3. The number of ketones is 2. The first kappa shape index (κ1) is 48.7. The summed E-state index contributed by atoms with van der Waals surface area (Å²) in [5.41, 5.74) is 0.214. The van der Waals surface area contributed by atoms with Crippen molar-refractivity contribution in [1.29, 1.82) is 0 Å². The summed E-state index contributed by atoms with van der Waals surface area (Å²) in [4.78, 5) is 72.6. The van der Waals surface area contributed by atoms with Gasteiger partial charge in [-0.1, -0.05) is 0 Å². The number of hydrogen-bond donors (Lipinski definition) is 0. The van der Waals surface area contributed by atoms with Gasteiger partial charge in [-0.05, 0) is 53.2 Å². The minimum absolute atomic E-state index is 0.0841. The first-order valence-electron chi connectivity index (χ1n) is 19.6. The minimum atomic E-state index is -3.13. The molecule has 62 heavy (non-hydrogen) atoms. The van der Waals surface area contributed by atoms with E-state index in [2.05, 4.69) is 98.3 Å². The molecule has 4 heterocycles. The van der Waals surface area contributed by atoms with Crippen molar-refractivity contribution in [2.24, 2.45) is 0 Å². The van der Waals surface area contributed by atoms with Crippen molar-refractivity contribution in [3.63, 3.8) is 0 Å². The van der Waals surface area contributed by atoms with Gasteiger partial charge < -0.3 is 18.8 Å². The van der Waals surface area contributed by atoms with Crippen LogP contribution in [0, 0.1) is 6.92 Å². The van der Waals surface area contributed by atoms with Gasteiger partial charge in [0, 0.05) is 20.0 Å². The molecule has 14 nitrogen and oxygen atoms in total. The van der Waals surface area contributed by atoms with Gasteiger partial charge in [0.2, 0.25) is 0 Å². The average Bonchev–Trinajstić information content (AvgIpc) is 3.83. The maximum Gasteiger partial charge on any atom is 0.411 e. The van der Waals surface area contributed by atoms with Crippen LogP contribution >= 0.6 is 20.8 Å². The number of aromatic nitrogens is 2. The largest absolute Gasteiger partial charge is 0.444 e. The quantitative estimate of drug-likeness (QED) is 0.113. The molecular formula is C46H52BrN4O10P.